The van der Waals surface area contributed by atoms with Crippen molar-refractivity contribution in [2.24, 2.45) is 0 Å². The first-order chi connectivity index (χ1) is 13.1. The Kier molecular flexibility index (Phi) is 7.90. The number of nitrogens with one attached hydrogen (secondary N) is 1. The van der Waals surface area contributed by atoms with Crippen LogP contribution in [0.5, 0.6) is 5.75 Å². The van der Waals surface area contributed by atoms with Crippen molar-refractivity contribution in [2.45, 2.75) is 51.3 Å². The van der Waals surface area contributed by atoms with E-state index in [9.17, 15) is 31.2 Å². The lowest BCUT2D eigenvalue weighted by atomic mass is 10.1. The molecular formula is C17H22F3NO7S. The zero-order chi connectivity index (χ0) is 22.5. The average molecular weight is 441 g/mol. The number of esters is 1. The molecule has 1 amide bonds. The van der Waals surface area contributed by atoms with Gasteiger partial charge in [0.1, 0.15) is 17.4 Å². The Morgan fingerprint density at radius 1 is 1.10 bits per heavy atom. The molecule has 0 saturated carbocycles. The molecule has 29 heavy (non-hydrogen) atoms. The monoisotopic (exact) mass is 441 g/mol. The smallest absolute Gasteiger partial charge is 0.464 e. The number of benzene rings is 1. The van der Waals surface area contributed by atoms with Crippen molar-refractivity contribution in [1.82, 2.24) is 5.32 Å². The highest BCUT2D eigenvalue weighted by molar-refractivity contribution is 7.88. The van der Waals surface area contributed by atoms with Crippen LogP contribution in [-0.2, 0) is 30.8 Å². The highest BCUT2D eigenvalue weighted by Gasteiger charge is 2.48. The van der Waals surface area contributed by atoms with Gasteiger partial charge in [0.05, 0.1) is 6.61 Å². The SMILES string of the molecule is CCOC(=O)[C@@H](Cc1ccc(OS(=O)(=O)C(F)(F)F)cc1)NC(=O)OC(C)(C)C. The Labute approximate surface area is 166 Å². The Morgan fingerprint density at radius 3 is 2.10 bits per heavy atom. The minimum Gasteiger partial charge on any atom is -0.464 e. The molecule has 0 saturated heterocycles. The zero-order valence-electron chi connectivity index (χ0n) is 16.2. The first kappa shape index (κ1) is 24.5. The summed E-state index contributed by atoms with van der Waals surface area (Å²) in [5, 5.41) is 2.37. The molecule has 1 N–H and O–H groups in total. The lowest BCUT2D eigenvalue weighted by molar-refractivity contribution is -0.145. The largest absolute Gasteiger partial charge is 0.534 e. The summed E-state index contributed by atoms with van der Waals surface area (Å²) in [6.45, 7) is 6.56. The number of hydrogen-bond acceptors (Lipinski definition) is 7. The van der Waals surface area contributed by atoms with Gasteiger partial charge in [0.2, 0.25) is 0 Å². The van der Waals surface area contributed by atoms with Crippen molar-refractivity contribution < 1.29 is 44.8 Å². The Balaban J connectivity index is 2.91. The lowest BCUT2D eigenvalue weighted by Crippen LogP contribution is -2.45. The molecule has 1 aromatic carbocycles. The van der Waals surface area contributed by atoms with Crippen molar-refractivity contribution in [1.29, 1.82) is 0 Å². The molecule has 0 heterocycles. The van der Waals surface area contributed by atoms with Gasteiger partial charge in [-0.2, -0.15) is 21.6 Å². The van der Waals surface area contributed by atoms with E-state index in [0.717, 1.165) is 12.1 Å². The molecule has 1 rings (SSSR count). The fourth-order valence-electron chi connectivity index (χ4n) is 1.98. The summed E-state index contributed by atoms with van der Waals surface area (Å²) in [6, 6.07) is 3.37. The van der Waals surface area contributed by atoms with E-state index in [1.54, 1.807) is 27.7 Å². The van der Waals surface area contributed by atoms with Crippen LogP contribution in [0.4, 0.5) is 18.0 Å². The van der Waals surface area contributed by atoms with Gasteiger partial charge >= 0.3 is 27.7 Å². The van der Waals surface area contributed by atoms with Crippen LogP contribution in [0.25, 0.3) is 0 Å². The molecule has 0 aliphatic carbocycles. The number of rotatable bonds is 7. The Morgan fingerprint density at radius 2 is 1.66 bits per heavy atom. The summed E-state index contributed by atoms with van der Waals surface area (Å²) in [5.74, 6) is -1.29. The summed E-state index contributed by atoms with van der Waals surface area (Å²) in [6.07, 6.45) is -0.934. The Bertz CT molecular complexity index is 815. The molecular weight excluding hydrogens is 419 g/mol. The fraction of sp³-hybridized carbons (Fsp3) is 0.529. The van der Waals surface area contributed by atoms with Gasteiger partial charge in [-0.15, -0.1) is 0 Å². The third kappa shape index (κ3) is 8.18. The topological polar surface area (TPSA) is 108 Å². The van der Waals surface area contributed by atoms with Gasteiger partial charge in [0.15, 0.2) is 0 Å². The van der Waals surface area contributed by atoms with Gasteiger partial charge in [0.25, 0.3) is 0 Å². The third-order valence-electron chi connectivity index (χ3n) is 3.11. The molecule has 0 aromatic heterocycles. The molecule has 0 aliphatic rings. The van der Waals surface area contributed by atoms with Crippen LogP contribution < -0.4 is 9.50 Å². The molecule has 0 bridgehead atoms. The number of ether oxygens (including phenoxy) is 2. The molecule has 0 fully saturated rings. The predicted molar refractivity (Wildman–Crippen MR) is 95.5 cm³/mol. The third-order valence-corrected chi connectivity index (χ3v) is 4.09. The molecule has 0 spiro atoms. The number of hydrogen-bond donors (Lipinski definition) is 1. The van der Waals surface area contributed by atoms with Gasteiger partial charge in [-0.05, 0) is 45.4 Å². The quantitative estimate of drug-likeness (QED) is 0.394. The van der Waals surface area contributed by atoms with E-state index >= 15 is 0 Å². The normalized spacial score (nSPS) is 13.3. The van der Waals surface area contributed by atoms with Gasteiger partial charge in [-0.1, -0.05) is 12.1 Å². The van der Waals surface area contributed by atoms with E-state index in [-0.39, 0.29) is 13.0 Å². The van der Waals surface area contributed by atoms with Crippen LogP contribution in [0.2, 0.25) is 0 Å². The van der Waals surface area contributed by atoms with Crippen molar-refractivity contribution in [3.05, 3.63) is 29.8 Å². The minimum absolute atomic E-state index is 0.0629. The summed E-state index contributed by atoms with van der Waals surface area (Å²) in [5.41, 5.74) is -5.96. The van der Waals surface area contributed by atoms with Crippen LogP contribution >= 0.6 is 0 Å². The van der Waals surface area contributed by atoms with Crippen molar-refractivity contribution in [3.8, 4) is 5.75 Å². The second-order valence-corrected chi connectivity index (χ2v) is 8.32. The Hall–Kier alpha value is -2.50. The number of alkyl halides is 3. The highest BCUT2D eigenvalue weighted by atomic mass is 32.2. The van der Waals surface area contributed by atoms with Crippen LogP contribution in [0.1, 0.15) is 33.3 Å². The molecule has 0 radical (unpaired) electrons. The lowest BCUT2D eigenvalue weighted by Gasteiger charge is -2.23. The summed E-state index contributed by atoms with van der Waals surface area (Å²) in [4.78, 5) is 24.0. The van der Waals surface area contributed by atoms with Gasteiger partial charge < -0.3 is 19.0 Å². The van der Waals surface area contributed by atoms with Crippen LogP contribution in [0.15, 0.2) is 24.3 Å². The van der Waals surface area contributed by atoms with Gasteiger partial charge in [-0.3, -0.25) is 0 Å². The van der Waals surface area contributed by atoms with Gasteiger partial charge in [0, 0.05) is 6.42 Å². The summed E-state index contributed by atoms with van der Waals surface area (Å²) in [7, 11) is -5.79. The van der Waals surface area contributed by atoms with E-state index in [1.165, 1.54) is 12.1 Å². The average Bonchev–Trinajstić information content (AvgIpc) is 2.53. The molecule has 8 nitrogen and oxygen atoms in total. The second-order valence-electron chi connectivity index (χ2n) is 6.78. The first-order valence-electron chi connectivity index (χ1n) is 8.40. The van der Waals surface area contributed by atoms with Crippen molar-refractivity contribution >= 4 is 22.2 Å². The van der Waals surface area contributed by atoms with Crippen LogP contribution in [-0.4, -0.2) is 44.2 Å². The van der Waals surface area contributed by atoms with E-state index < -0.39 is 45.1 Å². The maximum absolute atomic E-state index is 12.4. The number of halogens is 3. The molecule has 0 unspecified atom stereocenters. The minimum atomic E-state index is -5.79. The van der Waals surface area contributed by atoms with E-state index in [0.29, 0.717) is 5.56 Å². The van der Waals surface area contributed by atoms with E-state index in [2.05, 4.69) is 9.50 Å². The predicted octanol–water partition coefficient (Wildman–Crippen LogP) is 2.91. The number of carbonyl (C=O) groups excluding carboxylic acids is 2. The molecule has 1 atom stereocenters. The van der Waals surface area contributed by atoms with Crippen molar-refractivity contribution in [2.75, 3.05) is 6.61 Å². The maximum atomic E-state index is 12.4. The summed E-state index contributed by atoms with van der Waals surface area (Å²) < 4.78 is 73.1. The van der Waals surface area contributed by atoms with Crippen molar-refractivity contribution in [3.63, 3.8) is 0 Å². The van der Waals surface area contributed by atoms with Crippen LogP contribution in [0, 0.1) is 0 Å². The number of alkyl carbamates (subject to hydrolysis) is 1. The molecule has 1 aromatic rings. The first-order valence-corrected chi connectivity index (χ1v) is 9.81. The highest BCUT2D eigenvalue weighted by Crippen LogP contribution is 2.27. The standard InChI is InChI=1S/C17H22F3NO7S/c1-5-26-14(22)13(21-15(23)27-16(2,3)4)10-11-6-8-12(9-7-11)28-29(24,25)17(18,19)20/h6-9,13H,5,10H2,1-4H3,(H,21,23)/t13-/m1/s1. The number of carbonyl (C=O) groups is 2. The van der Waals surface area contributed by atoms with Gasteiger partial charge in [-0.25, -0.2) is 9.59 Å². The zero-order valence-corrected chi connectivity index (χ0v) is 17.0. The van der Waals surface area contributed by atoms with E-state index in [1.807, 2.05) is 0 Å². The molecule has 12 heteroatoms. The molecule has 164 valence electrons. The summed E-state index contributed by atoms with van der Waals surface area (Å²) >= 11 is 0. The number of amides is 1. The van der Waals surface area contributed by atoms with E-state index in [4.69, 9.17) is 9.47 Å². The fourth-order valence-corrected chi connectivity index (χ4v) is 2.44. The molecule has 0 aliphatic heterocycles. The maximum Gasteiger partial charge on any atom is 0.534 e. The second kappa shape index (κ2) is 9.33. The van der Waals surface area contributed by atoms with Crippen LogP contribution in [0.3, 0.4) is 0 Å².